The number of rotatable bonds is 6. The SMILES string of the molecule is NC(=O)C1(C2CC2)C(=O)Nc2nc(-c3nn(CCC(F)(F)C(F)(F)F)c4ncccc34)nc(N)c21. The van der Waals surface area contributed by atoms with Crippen LogP contribution in [0.1, 0.15) is 24.8 Å². The number of carbonyl (C=O) groups is 2. The lowest BCUT2D eigenvalue weighted by Gasteiger charge is -2.23. The zero-order chi connectivity index (χ0) is 25.3. The third-order valence-electron chi connectivity index (χ3n) is 6.27. The largest absolute Gasteiger partial charge is 0.453 e. The van der Waals surface area contributed by atoms with Gasteiger partial charge in [0.15, 0.2) is 16.9 Å². The fourth-order valence-corrected chi connectivity index (χ4v) is 4.44. The summed E-state index contributed by atoms with van der Waals surface area (Å²) in [5.41, 5.74) is 10.1. The predicted molar refractivity (Wildman–Crippen MR) is 111 cm³/mol. The molecule has 10 nitrogen and oxygen atoms in total. The van der Waals surface area contributed by atoms with Crippen LogP contribution in [0.4, 0.5) is 33.6 Å². The Morgan fingerprint density at radius 2 is 1.94 bits per heavy atom. The number of aromatic nitrogens is 5. The van der Waals surface area contributed by atoms with Crippen molar-refractivity contribution in [3.8, 4) is 11.5 Å². The first-order valence-electron chi connectivity index (χ1n) is 10.4. The number of nitrogens with zero attached hydrogens (tertiary/aromatic N) is 5. The summed E-state index contributed by atoms with van der Waals surface area (Å²) in [6.07, 6.45) is -4.78. The number of pyridine rings is 1. The zero-order valence-corrected chi connectivity index (χ0v) is 17.7. The van der Waals surface area contributed by atoms with Crippen molar-refractivity contribution in [2.75, 3.05) is 11.1 Å². The van der Waals surface area contributed by atoms with Crippen LogP contribution < -0.4 is 16.8 Å². The van der Waals surface area contributed by atoms with E-state index in [4.69, 9.17) is 11.5 Å². The summed E-state index contributed by atoms with van der Waals surface area (Å²) < 4.78 is 65.7. The van der Waals surface area contributed by atoms with Gasteiger partial charge in [-0.3, -0.25) is 9.59 Å². The highest BCUT2D eigenvalue weighted by molar-refractivity contribution is 6.21. The number of aryl methyl sites for hydroxylation is 1. The molecular weight excluding hydrogens is 479 g/mol. The van der Waals surface area contributed by atoms with Gasteiger partial charge in [0.05, 0.1) is 10.9 Å². The van der Waals surface area contributed by atoms with E-state index in [0.29, 0.717) is 12.8 Å². The Morgan fingerprint density at radius 3 is 2.57 bits per heavy atom. The predicted octanol–water partition coefficient (Wildman–Crippen LogP) is 2.14. The fraction of sp³-hybridized carbons (Fsp3) is 0.400. The van der Waals surface area contributed by atoms with Crippen molar-refractivity contribution in [1.29, 1.82) is 0 Å². The molecule has 0 bridgehead atoms. The second-order valence-corrected chi connectivity index (χ2v) is 8.46. The number of carbonyl (C=O) groups excluding carboxylic acids is 2. The van der Waals surface area contributed by atoms with E-state index in [-0.39, 0.29) is 45.7 Å². The molecule has 15 heteroatoms. The first kappa shape index (κ1) is 22.9. The van der Waals surface area contributed by atoms with Crippen LogP contribution >= 0.6 is 0 Å². The number of nitrogens with one attached hydrogen (secondary N) is 1. The smallest absolute Gasteiger partial charge is 0.383 e. The number of amides is 2. The molecule has 2 amide bonds. The molecule has 5 N–H and O–H groups in total. The molecular formula is C20H17F5N8O2. The average molecular weight is 496 g/mol. The van der Waals surface area contributed by atoms with Gasteiger partial charge >= 0.3 is 12.1 Å². The van der Waals surface area contributed by atoms with Gasteiger partial charge in [-0.1, -0.05) is 0 Å². The first-order valence-corrected chi connectivity index (χ1v) is 10.4. The Labute approximate surface area is 192 Å². The molecule has 3 aromatic heterocycles. The van der Waals surface area contributed by atoms with Crippen LogP contribution in [0.5, 0.6) is 0 Å². The van der Waals surface area contributed by atoms with Gasteiger partial charge in [-0.25, -0.2) is 19.6 Å². The van der Waals surface area contributed by atoms with Crippen molar-refractivity contribution in [1.82, 2.24) is 24.7 Å². The van der Waals surface area contributed by atoms with Crippen LogP contribution in [-0.2, 0) is 21.5 Å². The molecule has 0 saturated heterocycles. The average Bonchev–Trinajstić information content (AvgIpc) is 3.47. The molecule has 4 heterocycles. The minimum atomic E-state index is -5.71. The fourth-order valence-electron chi connectivity index (χ4n) is 4.44. The van der Waals surface area contributed by atoms with Crippen LogP contribution in [0.25, 0.3) is 22.6 Å². The number of nitrogen functional groups attached to an aromatic ring is 1. The van der Waals surface area contributed by atoms with Gasteiger partial charge in [0.2, 0.25) is 11.8 Å². The molecule has 0 spiro atoms. The van der Waals surface area contributed by atoms with E-state index in [1.54, 1.807) is 0 Å². The van der Waals surface area contributed by atoms with Crippen LogP contribution in [0.2, 0.25) is 0 Å². The topological polar surface area (TPSA) is 155 Å². The van der Waals surface area contributed by atoms with E-state index in [2.05, 4.69) is 25.4 Å². The van der Waals surface area contributed by atoms with Gasteiger partial charge in [-0.15, -0.1) is 0 Å². The summed E-state index contributed by atoms with van der Waals surface area (Å²) in [7, 11) is 0. The summed E-state index contributed by atoms with van der Waals surface area (Å²) >= 11 is 0. The van der Waals surface area contributed by atoms with Crippen LogP contribution in [0.15, 0.2) is 18.3 Å². The number of primary amides is 1. The van der Waals surface area contributed by atoms with Crippen molar-refractivity contribution < 1.29 is 31.5 Å². The van der Waals surface area contributed by atoms with Gasteiger partial charge in [-0.2, -0.15) is 27.1 Å². The van der Waals surface area contributed by atoms with Gasteiger partial charge in [0.1, 0.15) is 17.3 Å². The molecule has 5 rings (SSSR count). The van der Waals surface area contributed by atoms with Gasteiger partial charge in [0, 0.05) is 19.2 Å². The highest BCUT2D eigenvalue weighted by atomic mass is 19.4. The van der Waals surface area contributed by atoms with E-state index < -0.39 is 42.3 Å². The zero-order valence-electron chi connectivity index (χ0n) is 17.7. The summed E-state index contributed by atoms with van der Waals surface area (Å²) in [6, 6.07) is 3.01. The van der Waals surface area contributed by atoms with E-state index >= 15 is 0 Å². The number of hydrogen-bond donors (Lipinski definition) is 3. The van der Waals surface area contributed by atoms with Gasteiger partial charge < -0.3 is 16.8 Å². The maximum Gasteiger partial charge on any atom is 0.453 e. The Morgan fingerprint density at radius 1 is 1.23 bits per heavy atom. The van der Waals surface area contributed by atoms with Crippen molar-refractivity contribution in [3.05, 3.63) is 23.9 Å². The number of halogens is 5. The molecule has 1 atom stereocenters. The van der Waals surface area contributed by atoms with Crippen LogP contribution in [0.3, 0.4) is 0 Å². The van der Waals surface area contributed by atoms with E-state index in [0.717, 1.165) is 4.68 Å². The lowest BCUT2D eigenvalue weighted by Crippen LogP contribution is -2.49. The van der Waals surface area contributed by atoms with E-state index in [1.807, 2.05) is 0 Å². The molecule has 2 aliphatic rings. The Kier molecular flexibility index (Phi) is 4.76. The molecule has 1 aliphatic heterocycles. The third kappa shape index (κ3) is 3.28. The van der Waals surface area contributed by atoms with E-state index in [9.17, 15) is 31.5 Å². The molecule has 1 fully saturated rings. The maximum atomic E-state index is 13.5. The Balaban J connectivity index is 1.59. The summed E-state index contributed by atoms with van der Waals surface area (Å²) in [6.45, 7) is -0.802. The minimum absolute atomic E-state index is 0.00447. The van der Waals surface area contributed by atoms with Crippen molar-refractivity contribution in [2.24, 2.45) is 11.7 Å². The quantitative estimate of drug-likeness (QED) is 0.349. The second kappa shape index (κ2) is 7.29. The maximum absolute atomic E-state index is 13.5. The second-order valence-electron chi connectivity index (χ2n) is 8.46. The number of fused-ring (bicyclic) bond motifs is 2. The minimum Gasteiger partial charge on any atom is -0.383 e. The number of anilines is 2. The number of alkyl halides is 5. The molecule has 0 radical (unpaired) electrons. The number of hydrogen-bond acceptors (Lipinski definition) is 7. The van der Waals surface area contributed by atoms with Crippen LogP contribution in [-0.4, -0.2) is 48.6 Å². The van der Waals surface area contributed by atoms with Crippen molar-refractivity contribution >= 4 is 34.5 Å². The lowest BCUT2D eigenvalue weighted by atomic mass is 9.76. The Hall–Kier alpha value is -3.91. The molecule has 0 aromatic carbocycles. The lowest BCUT2D eigenvalue weighted by molar-refractivity contribution is -0.285. The normalized spacial score (nSPS) is 20.2. The first-order chi connectivity index (χ1) is 16.4. The van der Waals surface area contributed by atoms with Crippen molar-refractivity contribution in [3.63, 3.8) is 0 Å². The van der Waals surface area contributed by atoms with Crippen molar-refractivity contribution in [2.45, 2.75) is 43.3 Å². The monoisotopic (exact) mass is 496 g/mol. The van der Waals surface area contributed by atoms with Gasteiger partial charge in [0.25, 0.3) is 0 Å². The standard InChI is InChI=1S/C20H17F5N8O2/c21-18(22,20(23,24)25)5-7-33-15-9(2-1-6-28-15)11(32-33)14-29-12(26)10-13(30-14)31-17(35)19(10,16(27)34)8-3-4-8/h1-2,6,8H,3-5,7H2,(H2,27,34)(H3,26,29,30,31,35). The van der Waals surface area contributed by atoms with Gasteiger partial charge in [-0.05, 0) is 30.9 Å². The summed E-state index contributed by atoms with van der Waals surface area (Å²) in [4.78, 5) is 37.7. The Bertz CT molecular complexity index is 1380. The van der Waals surface area contributed by atoms with E-state index in [1.165, 1.54) is 18.3 Å². The summed E-state index contributed by atoms with van der Waals surface area (Å²) in [5, 5.41) is 6.89. The molecule has 3 aromatic rings. The molecule has 1 aliphatic carbocycles. The molecule has 1 unspecified atom stereocenters. The highest BCUT2D eigenvalue weighted by Crippen LogP contribution is 2.54. The van der Waals surface area contributed by atoms with Crippen LogP contribution in [0, 0.1) is 5.92 Å². The number of nitrogens with two attached hydrogens (primary N) is 2. The highest BCUT2D eigenvalue weighted by Gasteiger charge is 2.62. The summed E-state index contributed by atoms with van der Waals surface area (Å²) in [5.74, 6) is -7.23. The molecule has 184 valence electrons. The molecule has 1 saturated carbocycles. The third-order valence-corrected chi connectivity index (χ3v) is 6.27. The molecule has 35 heavy (non-hydrogen) atoms.